The van der Waals surface area contributed by atoms with Gasteiger partial charge in [0.15, 0.2) is 0 Å². The van der Waals surface area contributed by atoms with Crippen molar-refractivity contribution in [2.45, 2.75) is 33.4 Å². The van der Waals surface area contributed by atoms with Crippen LogP contribution >= 0.6 is 0 Å². The zero-order chi connectivity index (χ0) is 13.1. The summed E-state index contributed by atoms with van der Waals surface area (Å²) < 4.78 is 6.81. The second kappa shape index (κ2) is 5.36. The van der Waals surface area contributed by atoms with Gasteiger partial charge in [0.25, 0.3) is 0 Å². The first-order valence-corrected chi connectivity index (χ1v) is 5.76. The highest BCUT2D eigenvalue weighted by Gasteiger charge is 2.31. The van der Waals surface area contributed by atoms with Gasteiger partial charge >= 0.3 is 5.97 Å². The number of carbonyl (C=O) groups excluding carboxylic acids is 1. The van der Waals surface area contributed by atoms with Crippen molar-refractivity contribution < 1.29 is 9.53 Å². The lowest BCUT2D eigenvalue weighted by Crippen LogP contribution is -2.46. The topological polar surface area (TPSA) is 43.3 Å². The lowest BCUT2D eigenvalue weighted by molar-refractivity contribution is -0.146. The Morgan fingerprint density at radius 1 is 1.53 bits per heavy atom. The average Bonchev–Trinajstić information content (AvgIpc) is 2.62. The second-order valence-corrected chi connectivity index (χ2v) is 5.39. The molecule has 0 spiro atoms. The first-order chi connectivity index (χ1) is 7.84. The number of hydrogen-bond acceptors (Lipinski definition) is 3. The molecule has 1 aromatic heterocycles. The smallest absolute Gasteiger partial charge is 0.323 e. The van der Waals surface area contributed by atoms with Gasteiger partial charge in [-0.25, -0.2) is 0 Å². The van der Waals surface area contributed by atoms with Crippen molar-refractivity contribution in [3.8, 4) is 0 Å². The average molecular weight is 238 g/mol. The molecule has 0 amide bonds. The van der Waals surface area contributed by atoms with Gasteiger partial charge in [0.1, 0.15) is 6.04 Å². The summed E-state index contributed by atoms with van der Waals surface area (Å²) in [6.07, 6.45) is 4.02. The highest BCUT2D eigenvalue weighted by Crippen LogP contribution is 2.20. The Balaban J connectivity index is 2.65. The molecule has 1 rings (SSSR count). The van der Waals surface area contributed by atoms with E-state index in [1.807, 2.05) is 50.8 Å². The summed E-state index contributed by atoms with van der Waals surface area (Å²) in [6.45, 7) is 6.73. The molecule has 1 aromatic rings. The molecule has 0 aromatic carbocycles. The Kier molecular flexibility index (Phi) is 4.34. The van der Waals surface area contributed by atoms with Crippen molar-refractivity contribution in [1.29, 1.82) is 0 Å². The van der Waals surface area contributed by atoms with Crippen LogP contribution in [0.2, 0.25) is 0 Å². The van der Waals surface area contributed by atoms with Gasteiger partial charge in [-0.05, 0) is 17.0 Å². The van der Waals surface area contributed by atoms with Crippen LogP contribution in [0.4, 0.5) is 0 Å². The van der Waals surface area contributed by atoms with E-state index < -0.39 is 0 Å². The Morgan fingerprint density at radius 3 is 2.59 bits per heavy atom. The number of nitrogens with one attached hydrogen (secondary N) is 1. The van der Waals surface area contributed by atoms with Gasteiger partial charge in [-0.2, -0.15) is 0 Å². The van der Waals surface area contributed by atoms with Gasteiger partial charge in [-0.15, -0.1) is 0 Å². The number of aryl methyl sites for hydroxylation is 1. The molecule has 17 heavy (non-hydrogen) atoms. The van der Waals surface area contributed by atoms with E-state index in [0.29, 0.717) is 6.54 Å². The van der Waals surface area contributed by atoms with E-state index in [0.717, 1.165) is 5.56 Å². The van der Waals surface area contributed by atoms with E-state index in [9.17, 15) is 4.79 Å². The Labute approximate surface area is 103 Å². The van der Waals surface area contributed by atoms with Crippen LogP contribution in [0.15, 0.2) is 18.5 Å². The minimum atomic E-state index is -0.298. The van der Waals surface area contributed by atoms with Crippen molar-refractivity contribution in [1.82, 2.24) is 9.88 Å². The van der Waals surface area contributed by atoms with Gasteiger partial charge < -0.3 is 9.30 Å². The van der Waals surface area contributed by atoms with E-state index in [1.165, 1.54) is 7.11 Å². The fourth-order valence-electron chi connectivity index (χ4n) is 1.75. The third-order valence-electron chi connectivity index (χ3n) is 2.71. The highest BCUT2D eigenvalue weighted by atomic mass is 16.5. The molecule has 1 N–H and O–H groups in total. The standard InChI is InChI=1S/C13H22N2O2/c1-13(2,3)11(12(16)17-5)14-8-10-6-7-15(4)9-10/h6-7,9,11,14H,8H2,1-5H3. The zero-order valence-corrected chi connectivity index (χ0v) is 11.3. The van der Waals surface area contributed by atoms with E-state index in [2.05, 4.69) is 5.32 Å². The SMILES string of the molecule is COC(=O)C(NCc1ccn(C)c1)C(C)(C)C. The number of carbonyl (C=O) groups is 1. The molecule has 0 aliphatic carbocycles. The Hall–Kier alpha value is -1.29. The molecule has 1 atom stereocenters. The summed E-state index contributed by atoms with van der Waals surface area (Å²) in [5, 5.41) is 3.25. The summed E-state index contributed by atoms with van der Waals surface area (Å²) in [6, 6.07) is 1.73. The van der Waals surface area contributed by atoms with Crippen LogP contribution in [0, 0.1) is 5.41 Å². The van der Waals surface area contributed by atoms with Gasteiger partial charge in [-0.1, -0.05) is 20.8 Å². The van der Waals surface area contributed by atoms with Crippen LogP contribution in [0.5, 0.6) is 0 Å². The molecule has 96 valence electrons. The fraction of sp³-hybridized carbons (Fsp3) is 0.615. The molecule has 4 heteroatoms. The summed E-state index contributed by atoms with van der Waals surface area (Å²) in [5.74, 6) is -0.214. The van der Waals surface area contributed by atoms with Gasteiger partial charge in [0, 0.05) is 26.0 Å². The van der Waals surface area contributed by atoms with E-state index in [4.69, 9.17) is 4.74 Å². The van der Waals surface area contributed by atoms with E-state index in [-0.39, 0.29) is 17.4 Å². The molecule has 0 aliphatic rings. The van der Waals surface area contributed by atoms with Gasteiger partial charge in [-0.3, -0.25) is 10.1 Å². The maximum atomic E-state index is 11.7. The minimum absolute atomic E-state index is 0.165. The lowest BCUT2D eigenvalue weighted by atomic mass is 9.86. The third-order valence-corrected chi connectivity index (χ3v) is 2.71. The normalized spacial score (nSPS) is 13.5. The third kappa shape index (κ3) is 3.89. The minimum Gasteiger partial charge on any atom is -0.468 e. The van der Waals surface area contributed by atoms with E-state index in [1.54, 1.807) is 0 Å². The van der Waals surface area contributed by atoms with Crippen molar-refractivity contribution in [2.75, 3.05) is 7.11 Å². The number of aromatic nitrogens is 1. The summed E-state index contributed by atoms with van der Waals surface area (Å²) in [4.78, 5) is 11.7. The predicted molar refractivity (Wildman–Crippen MR) is 67.5 cm³/mol. The number of methoxy groups -OCH3 is 1. The molecule has 0 bridgehead atoms. The van der Waals surface area contributed by atoms with Crippen molar-refractivity contribution >= 4 is 5.97 Å². The summed E-state index contributed by atoms with van der Waals surface area (Å²) in [7, 11) is 3.40. The maximum Gasteiger partial charge on any atom is 0.323 e. The predicted octanol–water partition coefficient (Wildman–Crippen LogP) is 1.70. The molecule has 0 fully saturated rings. The van der Waals surface area contributed by atoms with Crippen molar-refractivity contribution in [3.63, 3.8) is 0 Å². The largest absolute Gasteiger partial charge is 0.468 e. The number of rotatable bonds is 4. The molecule has 0 aliphatic heterocycles. The molecular formula is C13H22N2O2. The van der Waals surface area contributed by atoms with Crippen LogP contribution in [0.3, 0.4) is 0 Å². The number of hydrogen-bond donors (Lipinski definition) is 1. The van der Waals surface area contributed by atoms with Crippen LogP contribution in [-0.4, -0.2) is 23.7 Å². The van der Waals surface area contributed by atoms with Crippen LogP contribution in [0.25, 0.3) is 0 Å². The molecule has 0 saturated carbocycles. The number of esters is 1. The molecule has 0 saturated heterocycles. The first-order valence-electron chi connectivity index (χ1n) is 5.76. The molecular weight excluding hydrogens is 216 g/mol. The molecule has 1 heterocycles. The quantitative estimate of drug-likeness (QED) is 0.812. The lowest BCUT2D eigenvalue weighted by Gasteiger charge is -2.29. The van der Waals surface area contributed by atoms with Crippen molar-refractivity contribution in [3.05, 3.63) is 24.0 Å². The van der Waals surface area contributed by atoms with E-state index >= 15 is 0 Å². The molecule has 4 nitrogen and oxygen atoms in total. The second-order valence-electron chi connectivity index (χ2n) is 5.39. The van der Waals surface area contributed by atoms with Crippen LogP contribution < -0.4 is 5.32 Å². The number of nitrogens with zero attached hydrogens (tertiary/aromatic N) is 1. The Bertz CT molecular complexity index is 377. The first kappa shape index (κ1) is 13.8. The van der Waals surface area contributed by atoms with Crippen LogP contribution in [0.1, 0.15) is 26.3 Å². The van der Waals surface area contributed by atoms with Crippen LogP contribution in [-0.2, 0) is 23.1 Å². The highest BCUT2D eigenvalue weighted by molar-refractivity contribution is 5.76. The van der Waals surface area contributed by atoms with Crippen molar-refractivity contribution in [2.24, 2.45) is 12.5 Å². The molecule has 1 unspecified atom stereocenters. The number of ether oxygens (including phenoxy) is 1. The molecule has 0 radical (unpaired) electrons. The fourth-order valence-corrected chi connectivity index (χ4v) is 1.75. The zero-order valence-electron chi connectivity index (χ0n) is 11.3. The van der Waals surface area contributed by atoms with Gasteiger partial charge in [0.05, 0.1) is 7.11 Å². The van der Waals surface area contributed by atoms with Gasteiger partial charge in [0.2, 0.25) is 0 Å². The Morgan fingerprint density at radius 2 is 2.18 bits per heavy atom. The summed E-state index contributed by atoms with van der Waals surface area (Å²) in [5.41, 5.74) is 0.993. The summed E-state index contributed by atoms with van der Waals surface area (Å²) >= 11 is 0. The monoisotopic (exact) mass is 238 g/mol. The maximum absolute atomic E-state index is 11.7.